The molecule has 2 aromatic rings. The predicted molar refractivity (Wildman–Crippen MR) is 106 cm³/mol. The zero-order valence-electron chi connectivity index (χ0n) is 16.4. The minimum absolute atomic E-state index is 0.185. The Balaban J connectivity index is 1.75. The first-order chi connectivity index (χ1) is 13.1. The molecule has 0 aliphatic heterocycles. The maximum atomic E-state index is 12.0. The molecule has 7 nitrogen and oxygen atoms in total. The van der Waals surface area contributed by atoms with Gasteiger partial charge < -0.3 is 24.7 Å². The third kappa shape index (κ3) is 5.77. The third-order valence-corrected chi connectivity index (χ3v) is 4.16. The van der Waals surface area contributed by atoms with E-state index < -0.39 is 0 Å². The Morgan fingerprint density at radius 2 is 1.96 bits per heavy atom. The Bertz CT molecular complexity index is 770. The number of nitrogens with one attached hydrogen (secondary N) is 2. The number of para-hydroxylation sites is 1. The lowest BCUT2D eigenvalue weighted by molar-refractivity contribution is 0.0925. The second-order valence-electron chi connectivity index (χ2n) is 6.18. The lowest BCUT2D eigenvalue weighted by Gasteiger charge is -2.23. The van der Waals surface area contributed by atoms with Gasteiger partial charge in [-0.15, -0.1) is 0 Å². The van der Waals surface area contributed by atoms with Gasteiger partial charge in [0.15, 0.2) is 11.7 Å². The van der Waals surface area contributed by atoms with E-state index in [0.717, 1.165) is 29.3 Å². The van der Waals surface area contributed by atoms with Crippen LogP contribution in [0, 0.1) is 6.92 Å². The lowest BCUT2D eigenvalue weighted by atomic mass is 10.2. The van der Waals surface area contributed by atoms with Gasteiger partial charge in [0.2, 0.25) is 0 Å². The van der Waals surface area contributed by atoms with E-state index in [4.69, 9.17) is 9.15 Å². The first-order valence-electron chi connectivity index (χ1n) is 8.92. The van der Waals surface area contributed by atoms with Crippen molar-refractivity contribution >= 4 is 11.9 Å². The fraction of sp³-hybridized carbons (Fsp3) is 0.400. The molecule has 27 heavy (non-hydrogen) atoms. The molecule has 1 aromatic carbocycles. The fourth-order valence-electron chi connectivity index (χ4n) is 2.72. The van der Waals surface area contributed by atoms with E-state index in [2.05, 4.69) is 15.6 Å². The molecule has 1 aromatic heterocycles. The number of hydrogen-bond donors (Lipinski definition) is 2. The molecule has 0 bridgehead atoms. The Labute approximate surface area is 160 Å². The van der Waals surface area contributed by atoms with Crippen LogP contribution >= 0.6 is 0 Å². The average molecular weight is 372 g/mol. The Morgan fingerprint density at radius 1 is 1.22 bits per heavy atom. The molecule has 0 saturated heterocycles. The molecule has 0 aliphatic carbocycles. The van der Waals surface area contributed by atoms with Crippen molar-refractivity contribution in [2.24, 2.45) is 4.99 Å². The van der Waals surface area contributed by atoms with Crippen molar-refractivity contribution in [1.82, 2.24) is 15.5 Å². The minimum Gasteiger partial charge on any atom is -0.496 e. The monoisotopic (exact) mass is 372 g/mol. The Morgan fingerprint density at radius 3 is 2.63 bits per heavy atom. The van der Waals surface area contributed by atoms with E-state index in [1.807, 2.05) is 43.1 Å². The molecule has 146 valence electrons. The molecule has 0 atom stereocenters. The Kier molecular flexibility index (Phi) is 7.73. The number of amides is 1. The number of methoxy groups -OCH3 is 1. The minimum atomic E-state index is -0.185. The van der Waals surface area contributed by atoms with Crippen LogP contribution in [0.2, 0.25) is 0 Å². The van der Waals surface area contributed by atoms with Crippen molar-refractivity contribution in [3.05, 3.63) is 53.5 Å². The number of furan rings is 1. The zero-order valence-corrected chi connectivity index (χ0v) is 16.4. The summed E-state index contributed by atoms with van der Waals surface area (Å²) in [5.74, 6) is 1.83. The molecule has 7 heteroatoms. The van der Waals surface area contributed by atoms with Crippen LogP contribution in [0.25, 0.3) is 0 Å². The zero-order chi connectivity index (χ0) is 19.6. The number of carbonyl (C=O) groups excluding carboxylic acids is 1. The van der Waals surface area contributed by atoms with E-state index in [9.17, 15) is 4.79 Å². The normalized spacial score (nSPS) is 11.2. The number of hydrogen-bond acceptors (Lipinski definition) is 4. The van der Waals surface area contributed by atoms with Gasteiger partial charge in [-0.05, 0) is 25.5 Å². The highest BCUT2D eigenvalue weighted by atomic mass is 16.5. The van der Waals surface area contributed by atoms with E-state index in [-0.39, 0.29) is 5.91 Å². The van der Waals surface area contributed by atoms with Crippen LogP contribution in [-0.2, 0) is 6.54 Å². The molecule has 0 fully saturated rings. The average Bonchev–Trinajstić information content (AvgIpc) is 3.10. The van der Waals surface area contributed by atoms with Gasteiger partial charge in [0.25, 0.3) is 5.91 Å². The number of ether oxygens (including phenoxy) is 1. The summed E-state index contributed by atoms with van der Waals surface area (Å²) in [7, 11) is 5.40. The quantitative estimate of drug-likeness (QED) is 0.423. The number of carbonyl (C=O) groups is 1. The summed E-state index contributed by atoms with van der Waals surface area (Å²) in [6, 6.07) is 9.70. The lowest BCUT2D eigenvalue weighted by Crippen LogP contribution is -2.39. The van der Waals surface area contributed by atoms with Gasteiger partial charge in [-0.1, -0.05) is 18.2 Å². The SMILES string of the molecule is CN=C(NCCCNC(=O)c1occc1C)N(C)Cc1ccccc1OC. The largest absolute Gasteiger partial charge is 0.496 e. The van der Waals surface area contributed by atoms with Crippen molar-refractivity contribution in [3.8, 4) is 5.75 Å². The van der Waals surface area contributed by atoms with E-state index in [1.165, 1.54) is 6.26 Å². The number of guanidine groups is 1. The maximum Gasteiger partial charge on any atom is 0.287 e. The summed E-state index contributed by atoms with van der Waals surface area (Å²) < 4.78 is 10.6. The van der Waals surface area contributed by atoms with Gasteiger partial charge in [0, 0.05) is 44.9 Å². The molecule has 0 spiro atoms. The van der Waals surface area contributed by atoms with Gasteiger partial charge >= 0.3 is 0 Å². The van der Waals surface area contributed by atoms with Crippen molar-refractivity contribution in [2.45, 2.75) is 19.9 Å². The van der Waals surface area contributed by atoms with Gasteiger partial charge in [0.1, 0.15) is 5.75 Å². The van der Waals surface area contributed by atoms with Crippen molar-refractivity contribution in [2.75, 3.05) is 34.3 Å². The molecule has 1 amide bonds. The van der Waals surface area contributed by atoms with Crippen LogP contribution in [0.5, 0.6) is 5.75 Å². The van der Waals surface area contributed by atoms with E-state index in [0.29, 0.717) is 25.4 Å². The second-order valence-corrected chi connectivity index (χ2v) is 6.18. The molecule has 1 heterocycles. The topological polar surface area (TPSA) is 79.1 Å². The van der Waals surface area contributed by atoms with Gasteiger partial charge in [-0.2, -0.15) is 0 Å². The van der Waals surface area contributed by atoms with E-state index >= 15 is 0 Å². The highest BCUT2D eigenvalue weighted by molar-refractivity contribution is 5.92. The van der Waals surface area contributed by atoms with Crippen LogP contribution < -0.4 is 15.4 Å². The van der Waals surface area contributed by atoms with Crippen molar-refractivity contribution < 1.29 is 13.9 Å². The Hall–Kier alpha value is -2.96. The second kappa shape index (κ2) is 10.3. The molecule has 0 radical (unpaired) electrons. The number of nitrogens with zero attached hydrogens (tertiary/aromatic N) is 2. The number of aliphatic imine (C=N–C) groups is 1. The summed E-state index contributed by atoms with van der Waals surface area (Å²) in [5.41, 5.74) is 1.93. The first kappa shape index (κ1) is 20.4. The van der Waals surface area contributed by atoms with Gasteiger partial charge in [-0.3, -0.25) is 9.79 Å². The highest BCUT2D eigenvalue weighted by Crippen LogP contribution is 2.18. The molecule has 0 unspecified atom stereocenters. The fourth-order valence-corrected chi connectivity index (χ4v) is 2.72. The van der Waals surface area contributed by atoms with Crippen molar-refractivity contribution in [3.63, 3.8) is 0 Å². The van der Waals surface area contributed by atoms with Crippen LogP contribution in [0.3, 0.4) is 0 Å². The molecule has 2 N–H and O–H groups in total. The summed E-state index contributed by atoms with van der Waals surface area (Å²) >= 11 is 0. The van der Waals surface area contributed by atoms with Crippen LogP contribution in [0.4, 0.5) is 0 Å². The maximum absolute atomic E-state index is 12.0. The predicted octanol–water partition coefficient (Wildman–Crippen LogP) is 2.42. The number of rotatable bonds is 8. The van der Waals surface area contributed by atoms with Gasteiger partial charge in [-0.25, -0.2) is 0 Å². The first-order valence-corrected chi connectivity index (χ1v) is 8.92. The molecular weight excluding hydrogens is 344 g/mol. The van der Waals surface area contributed by atoms with Crippen LogP contribution in [0.1, 0.15) is 28.1 Å². The summed E-state index contributed by atoms with van der Waals surface area (Å²) in [4.78, 5) is 18.3. The van der Waals surface area contributed by atoms with E-state index in [1.54, 1.807) is 20.2 Å². The smallest absolute Gasteiger partial charge is 0.287 e. The summed E-state index contributed by atoms with van der Waals surface area (Å²) in [6.07, 6.45) is 2.29. The van der Waals surface area contributed by atoms with Crippen molar-refractivity contribution in [1.29, 1.82) is 0 Å². The van der Waals surface area contributed by atoms with Crippen LogP contribution in [-0.4, -0.2) is 51.1 Å². The molecule has 2 rings (SSSR count). The highest BCUT2D eigenvalue weighted by Gasteiger charge is 2.12. The molecular formula is C20H28N4O3. The summed E-state index contributed by atoms with van der Waals surface area (Å²) in [6.45, 7) is 3.78. The van der Waals surface area contributed by atoms with Gasteiger partial charge in [0.05, 0.1) is 13.4 Å². The molecule has 0 saturated carbocycles. The molecule has 0 aliphatic rings. The number of aryl methyl sites for hydroxylation is 1. The van der Waals surface area contributed by atoms with Crippen LogP contribution in [0.15, 0.2) is 46.0 Å². The number of benzene rings is 1. The standard InChI is InChI=1S/C20H28N4O3/c1-15-10-13-27-18(15)19(25)22-11-7-12-23-20(21-2)24(3)14-16-8-5-6-9-17(16)26-4/h5-6,8-10,13H,7,11-12,14H2,1-4H3,(H,21,23)(H,22,25). The third-order valence-electron chi connectivity index (χ3n) is 4.16. The summed E-state index contributed by atoms with van der Waals surface area (Å²) in [5, 5.41) is 6.17.